The molecule has 9 rings (SSSR count). The molecular formula is C50H40N2. The Morgan fingerprint density at radius 2 is 0.885 bits per heavy atom. The van der Waals surface area contributed by atoms with Gasteiger partial charge in [-0.3, -0.25) is 0 Å². The average Bonchev–Trinajstić information content (AvgIpc) is 3.52. The molecule has 0 amide bonds. The molecule has 0 atom stereocenters. The van der Waals surface area contributed by atoms with Gasteiger partial charge in [0.25, 0.3) is 0 Å². The lowest BCUT2D eigenvalue weighted by atomic mass is 9.86. The van der Waals surface area contributed by atoms with Crippen LogP contribution in [0.4, 0.5) is 17.1 Å². The second-order valence-electron chi connectivity index (χ2n) is 14.7. The van der Waals surface area contributed by atoms with Crippen molar-refractivity contribution in [2.75, 3.05) is 4.90 Å². The Balaban J connectivity index is 1.12. The van der Waals surface area contributed by atoms with E-state index < -0.39 is 0 Å². The van der Waals surface area contributed by atoms with E-state index in [-0.39, 0.29) is 5.41 Å². The molecule has 0 bridgehead atoms. The molecule has 0 aliphatic heterocycles. The molecule has 2 heteroatoms. The minimum absolute atomic E-state index is 0.0614. The van der Waals surface area contributed by atoms with Gasteiger partial charge in [-0.15, -0.1) is 0 Å². The van der Waals surface area contributed by atoms with Gasteiger partial charge in [-0.2, -0.15) is 0 Å². The zero-order chi connectivity index (χ0) is 35.2. The Morgan fingerprint density at radius 1 is 0.385 bits per heavy atom. The molecule has 8 aromatic carbocycles. The number of rotatable bonds is 6. The number of hydrogen-bond donors (Lipinski definition) is 0. The molecule has 0 fully saturated rings. The van der Waals surface area contributed by atoms with E-state index in [0.29, 0.717) is 0 Å². The van der Waals surface area contributed by atoms with Crippen LogP contribution in [-0.4, -0.2) is 4.57 Å². The number of fused-ring (bicyclic) bond motifs is 4. The van der Waals surface area contributed by atoms with Gasteiger partial charge in [-0.05, 0) is 123 Å². The highest BCUT2D eigenvalue weighted by Gasteiger charge is 2.19. The molecular weight excluding hydrogens is 629 g/mol. The number of nitrogens with zero attached hydrogens (tertiary/aromatic N) is 2. The normalized spacial score (nSPS) is 11.8. The minimum atomic E-state index is 0.0614. The highest BCUT2D eigenvalue weighted by molar-refractivity contribution is 6.11. The average molecular weight is 669 g/mol. The highest BCUT2D eigenvalue weighted by Crippen LogP contribution is 2.40. The number of aromatic nitrogens is 1. The van der Waals surface area contributed by atoms with Crippen molar-refractivity contribution in [1.82, 2.24) is 4.57 Å². The molecule has 1 heterocycles. The van der Waals surface area contributed by atoms with E-state index in [9.17, 15) is 0 Å². The van der Waals surface area contributed by atoms with Crippen LogP contribution in [-0.2, 0) is 5.41 Å². The van der Waals surface area contributed by atoms with Gasteiger partial charge in [-0.25, -0.2) is 0 Å². The van der Waals surface area contributed by atoms with Crippen molar-refractivity contribution in [3.05, 3.63) is 194 Å². The third-order valence-corrected chi connectivity index (χ3v) is 10.3. The fourth-order valence-electron chi connectivity index (χ4n) is 7.53. The van der Waals surface area contributed by atoms with Crippen molar-refractivity contribution in [2.45, 2.75) is 26.2 Å². The van der Waals surface area contributed by atoms with E-state index in [1.807, 2.05) is 0 Å². The summed E-state index contributed by atoms with van der Waals surface area (Å²) in [6, 6.07) is 68.4. The fraction of sp³-hybridized carbons (Fsp3) is 0.0800. The maximum atomic E-state index is 2.40. The Morgan fingerprint density at radius 3 is 1.60 bits per heavy atom. The van der Waals surface area contributed by atoms with Crippen LogP contribution < -0.4 is 4.90 Å². The first-order chi connectivity index (χ1) is 25.4. The smallest absolute Gasteiger partial charge is 0.0541 e. The highest BCUT2D eigenvalue weighted by atomic mass is 15.1. The zero-order valence-electron chi connectivity index (χ0n) is 29.8. The van der Waals surface area contributed by atoms with Crippen LogP contribution in [0.15, 0.2) is 188 Å². The summed E-state index contributed by atoms with van der Waals surface area (Å²) in [5.74, 6) is 0. The van der Waals surface area contributed by atoms with E-state index in [2.05, 4.69) is 218 Å². The summed E-state index contributed by atoms with van der Waals surface area (Å²) in [5.41, 5.74) is 13.3. The molecule has 0 radical (unpaired) electrons. The summed E-state index contributed by atoms with van der Waals surface area (Å²) >= 11 is 0. The van der Waals surface area contributed by atoms with Crippen molar-refractivity contribution < 1.29 is 0 Å². The molecule has 1 aromatic heterocycles. The van der Waals surface area contributed by atoms with Crippen molar-refractivity contribution in [2.24, 2.45) is 0 Å². The van der Waals surface area contributed by atoms with Gasteiger partial charge in [0.2, 0.25) is 0 Å². The van der Waals surface area contributed by atoms with Crippen LogP contribution in [0.5, 0.6) is 0 Å². The van der Waals surface area contributed by atoms with E-state index in [1.54, 1.807) is 0 Å². The van der Waals surface area contributed by atoms with Crippen LogP contribution in [0.2, 0.25) is 0 Å². The molecule has 0 N–H and O–H groups in total. The molecule has 0 unspecified atom stereocenters. The summed E-state index contributed by atoms with van der Waals surface area (Å²) in [6.07, 6.45) is 0. The predicted molar refractivity (Wildman–Crippen MR) is 223 cm³/mol. The molecule has 0 aliphatic carbocycles. The molecule has 0 spiro atoms. The third kappa shape index (κ3) is 5.73. The SMILES string of the molecule is CC(C)(C)c1ccc2c(c1)c1cc(-c3ccc4cc(N(c5ccccc5)c5ccc(-c6ccccc6)cc5)ccc4c3)ccc1n2-c1ccccc1. The first-order valence-corrected chi connectivity index (χ1v) is 18.1. The Bertz CT molecular complexity index is 2680. The van der Waals surface area contributed by atoms with Crippen molar-refractivity contribution in [3.8, 4) is 27.9 Å². The van der Waals surface area contributed by atoms with Gasteiger partial charge in [0.15, 0.2) is 0 Å². The quantitative estimate of drug-likeness (QED) is 0.171. The first-order valence-electron chi connectivity index (χ1n) is 18.1. The number of hydrogen-bond acceptors (Lipinski definition) is 1. The third-order valence-electron chi connectivity index (χ3n) is 10.3. The second kappa shape index (κ2) is 12.7. The lowest BCUT2D eigenvalue weighted by molar-refractivity contribution is 0.591. The fourth-order valence-corrected chi connectivity index (χ4v) is 7.53. The Kier molecular flexibility index (Phi) is 7.74. The molecule has 9 aromatic rings. The van der Waals surface area contributed by atoms with Crippen molar-refractivity contribution in [1.29, 1.82) is 0 Å². The molecule has 250 valence electrons. The lowest BCUT2D eigenvalue weighted by Crippen LogP contribution is -2.10. The summed E-state index contributed by atoms with van der Waals surface area (Å²) in [6.45, 7) is 6.87. The van der Waals surface area contributed by atoms with E-state index in [0.717, 1.165) is 17.1 Å². The maximum Gasteiger partial charge on any atom is 0.0541 e. The van der Waals surface area contributed by atoms with E-state index in [1.165, 1.54) is 66.1 Å². The molecule has 0 aliphatic rings. The summed E-state index contributed by atoms with van der Waals surface area (Å²) in [7, 11) is 0. The van der Waals surface area contributed by atoms with Gasteiger partial charge in [0.1, 0.15) is 0 Å². The van der Waals surface area contributed by atoms with E-state index >= 15 is 0 Å². The van der Waals surface area contributed by atoms with Crippen molar-refractivity contribution in [3.63, 3.8) is 0 Å². The van der Waals surface area contributed by atoms with Gasteiger partial charge in [0, 0.05) is 33.5 Å². The molecule has 0 saturated carbocycles. The second-order valence-corrected chi connectivity index (χ2v) is 14.7. The lowest BCUT2D eigenvalue weighted by Gasteiger charge is -2.26. The van der Waals surface area contributed by atoms with Gasteiger partial charge < -0.3 is 9.47 Å². The van der Waals surface area contributed by atoms with Crippen LogP contribution in [0.25, 0.3) is 60.5 Å². The van der Waals surface area contributed by atoms with Gasteiger partial charge in [-0.1, -0.05) is 130 Å². The standard InChI is InChI=1S/C50H40N2/c1-50(2,3)41-25-30-49-47(34-41)46-33-40(24-29-48(46)52(49)43-17-11-6-12-18-43)37-19-20-39-32-45(28-23-38(39)31-37)51(42-15-9-5-10-16-42)44-26-21-36(22-27-44)35-13-7-4-8-14-35/h4-34H,1-3H3. The van der Waals surface area contributed by atoms with Crippen LogP contribution in [0, 0.1) is 0 Å². The summed E-state index contributed by atoms with van der Waals surface area (Å²) < 4.78 is 2.40. The number of benzene rings is 8. The molecule has 0 saturated heterocycles. The van der Waals surface area contributed by atoms with Crippen LogP contribution in [0.1, 0.15) is 26.3 Å². The first kappa shape index (κ1) is 31.6. The van der Waals surface area contributed by atoms with Gasteiger partial charge in [0.05, 0.1) is 11.0 Å². The largest absolute Gasteiger partial charge is 0.310 e. The number of anilines is 3. The minimum Gasteiger partial charge on any atom is -0.310 e. The maximum absolute atomic E-state index is 2.40. The Hall–Kier alpha value is -6.38. The van der Waals surface area contributed by atoms with Crippen LogP contribution in [0.3, 0.4) is 0 Å². The Labute approximate surface area is 305 Å². The number of para-hydroxylation sites is 2. The summed E-state index contributed by atoms with van der Waals surface area (Å²) in [4.78, 5) is 2.34. The summed E-state index contributed by atoms with van der Waals surface area (Å²) in [5, 5.41) is 4.99. The van der Waals surface area contributed by atoms with Crippen molar-refractivity contribution >= 4 is 49.6 Å². The molecule has 52 heavy (non-hydrogen) atoms. The van der Waals surface area contributed by atoms with Crippen LogP contribution >= 0.6 is 0 Å². The topological polar surface area (TPSA) is 8.17 Å². The zero-order valence-corrected chi connectivity index (χ0v) is 29.8. The predicted octanol–water partition coefficient (Wildman–Crippen LogP) is 14.0. The monoisotopic (exact) mass is 668 g/mol. The van der Waals surface area contributed by atoms with Gasteiger partial charge >= 0.3 is 0 Å². The molecule has 2 nitrogen and oxygen atoms in total. The van der Waals surface area contributed by atoms with E-state index in [4.69, 9.17) is 0 Å².